The Balaban J connectivity index is 1.50. The molecular weight excluding hydrogens is 467 g/mol. The lowest BCUT2D eigenvalue weighted by Crippen LogP contribution is -2.58. The van der Waals surface area contributed by atoms with Crippen molar-refractivity contribution in [3.63, 3.8) is 0 Å². The molecule has 1 aromatic rings. The first-order valence-corrected chi connectivity index (χ1v) is 13.1. The Morgan fingerprint density at radius 3 is 2.47 bits per heavy atom. The van der Waals surface area contributed by atoms with Gasteiger partial charge in [-0.05, 0) is 55.3 Å². The van der Waals surface area contributed by atoms with E-state index in [0.29, 0.717) is 31.3 Å². The largest absolute Gasteiger partial charge is 0.523 e. The minimum Gasteiger partial charge on any atom is -0.337 e. The van der Waals surface area contributed by atoms with E-state index in [0.717, 1.165) is 43.6 Å². The van der Waals surface area contributed by atoms with Gasteiger partial charge in [0.15, 0.2) is 0 Å². The van der Waals surface area contributed by atoms with Gasteiger partial charge in [0, 0.05) is 32.1 Å². The standard InChI is InChI=1S/C28H38F3N3O2/c1-20(2)25-19-33(16-17-34(25)26(35)18-21-12-14-32-15-13-21)27(22-6-4-3-5-7-22)23-8-10-24(11-9-23)36-28(29,30)31/h3-10,20-21,24-25,27,32H,11-19H2,1-2H3/t24?,25-,27?/m1/s1. The Bertz CT molecular complexity index is 926. The quantitative estimate of drug-likeness (QED) is 0.562. The fraction of sp³-hybridized carbons (Fsp3) is 0.607. The van der Waals surface area contributed by atoms with Gasteiger partial charge < -0.3 is 10.2 Å². The van der Waals surface area contributed by atoms with Crippen LogP contribution in [0.25, 0.3) is 0 Å². The number of amides is 1. The second kappa shape index (κ2) is 11.9. The molecule has 0 bridgehead atoms. The number of carbonyl (C=O) groups excluding carboxylic acids is 1. The molecule has 1 N–H and O–H groups in total. The molecule has 2 heterocycles. The normalized spacial score (nSPS) is 25.2. The minimum atomic E-state index is -4.65. The van der Waals surface area contributed by atoms with Crippen molar-refractivity contribution in [3.05, 3.63) is 59.7 Å². The van der Waals surface area contributed by atoms with Crippen LogP contribution < -0.4 is 5.32 Å². The van der Waals surface area contributed by atoms with Crippen molar-refractivity contribution in [1.29, 1.82) is 0 Å². The monoisotopic (exact) mass is 505 g/mol. The Morgan fingerprint density at radius 1 is 1.14 bits per heavy atom. The van der Waals surface area contributed by atoms with Gasteiger partial charge in [-0.25, -0.2) is 0 Å². The van der Waals surface area contributed by atoms with Crippen molar-refractivity contribution >= 4 is 5.91 Å². The van der Waals surface area contributed by atoms with E-state index in [1.54, 1.807) is 6.08 Å². The number of rotatable bonds is 7. The molecule has 0 saturated carbocycles. The summed E-state index contributed by atoms with van der Waals surface area (Å²) in [6.45, 7) is 8.39. The van der Waals surface area contributed by atoms with Gasteiger partial charge in [-0.3, -0.25) is 14.4 Å². The maximum Gasteiger partial charge on any atom is 0.523 e. The van der Waals surface area contributed by atoms with Crippen LogP contribution in [-0.4, -0.2) is 66.9 Å². The first kappa shape index (κ1) is 26.9. The van der Waals surface area contributed by atoms with Crippen molar-refractivity contribution in [2.45, 2.75) is 64.1 Å². The number of nitrogens with one attached hydrogen (secondary N) is 1. The van der Waals surface area contributed by atoms with Crippen LogP contribution >= 0.6 is 0 Å². The summed E-state index contributed by atoms with van der Waals surface area (Å²) in [7, 11) is 0. The SMILES string of the molecule is CC(C)[C@H]1CN(C(C2=CCC(OC(F)(F)F)C=C2)c2ccccc2)CCN1C(=O)CC1CCNCC1. The lowest BCUT2D eigenvalue weighted by molar-refractivity contribution is -0.336. The fourth-order valence-electron chi connectivity index (χ4n) is 5.73. The summed E-state index contributed by atoms with van der Waals surface area (Å²) in [6.07, 6.45) is 2.39. The van der Waals surface area contributed by atoms with Crippen LogP contribution in [0.3, 0.4) is 0 Å². The average Bonchev–Trinajstić information content (AvgIpc) is 2.85. The van der Waals surface area contributed by atoms with E-state index in [9.17, 15) is 18.0 Å². The molecule has 36 heavy (non-hydrogen) atoms. The summed E-state index contributed by atoms with van der Waals surface area (Å²) in [5.74, 6) is 0.994. The summed E-state index contributed by atoms with van der Waals surface area (Å²) in [4.78, 5) is 17.8. The molecule has 198 valence electrons. The third kappa shape index (κ3) is 6.99. The fourth-order valence-corrected chi connectivity index (χ4v) is 5.73. The van der Waals surface area contributed by atoms with Crippen molar-refractivity contribution in [2.75, 3.05) is 32.7 Å². The summed E-state index contributed by atoms with van der Waals surface area (Å²) in [5.41, 5.74) is 2.07. The van der Waals surface area contributed by atoms with Gasteiger partial charge in [0.2, 0.25) is 5.91 Å². The van der Waals surface area contributed by atoms with E-state index in [2.05, 4.69) is 45.8 Å². The van der Waals surface area contributed by atoms with Crippen LogP contribution in [0.15, 0.2) is 54.1 Å². The zero-order valence-electron chi connectivity index (χ0n) is 21.2. The van der Waals surface area contributed by atoms with Gasteiger partial charge in [-0.1, -0.05) is 62.4 Å². The van der Waals surface area contributed by atoms with Gasteiger partial charge in [-0.2, -0.15) is 0 Å². The third-order valence-electron chi connectivity index (χ3n) is 7.63. The van der Waals surface area contributed by atoms with Crippen LogP contribution in [0.2, 0.25) is 0 Å². The zero-order chi connectivity index (χ0) is 25.7. The van der Waals surface area contributed by atoms with Gasteiger partial charge in [0.1, 0.15) is 0 Å². The molecule has 2 saturated heterocycles. The molecule has 0 aromatic heterocycles. The first-order chi connectivity index (χ1) is 17.2. The molecule has 0 spiro atoms. The van der Waals surface area contributed by atoms with Gasteiger partial charge in [0.05, 0.1) is 12.1 Å². The summed E-state index contributed by atoms with van der Waals surface area (Å²) >= 11 is 0. The van der Waals surface area contributed by atoms with E-state index >= 15 is 0 Å². The van der Waals surface area contributed by atoms with Crippen LogP contribution in [0, 0.1) is 11.8 Å². The highest BCUT2D eigenvalue weighted by molar-refractivity contribution is 5.77. The van der Waals surface area contributed by atoms with Crippen LogP contribution in [-0.2, 0) is 9.53 Å². The van der Waals surface area contributed by atoms with Crippen LogP contribution in [0.4, 0.5) is 13.2 Å². The highest BCUT2D eigenvalue weighted by atomic mass is 19.4. The Labute approximate surface area is 212 Å². The van der Waals surface area contributed by atoms with Crippen LogP contribution in [0.5, 0.6) is 0 Å². The van der Waals surface area contributed by atoms with Crippen molar-refractivity contribution < 1.29 is 22.7 Å². The first-order valence-electron chi connectivity index (χ1n) is 13.1. The minimum absolute atomic E-state index is 0.0859. The predicted molar refractivity (Wildman–Crippen MR) is 134 cm³/mol. The third-order valence-corrected chi connectivity index (χ3v) is 7.63. The molecule has 2 aliphatic heterocycles. The molecule has 0 radical (unpaired) electrons. The van der Waals surface area contributed by atoms with Crippen molar-refractivity contribution in [1.82, 2.24) is 15.1 Å². The van der Waals surface area contributed by atoms with Crippen LogP contribution in [0.1, 0.15) is 51.1 Å². The smallest absolute Gasteiger partial charge is 0.337 e. The molecule has 1 amide bonds. The lowest BCUT2D eigenvalue weighted by atomic mass is 9.89. The van der Waals surface area contributed by atoms with Crippen molar-refractivity contribution in [3.8, 4) is 0 Å². The Kier molecular flexibility index (Phi) is 8.91. The number of hydrogen-bond acceptors (Lipinski definition) is 4. The molecule has 2 unspecified atom stereocenters. The number of ether oxygens (including phenoxy) is 1. The van der Waals surface area contributed by atoms with E-state index < -0.39 is 12.5 Å². The lowest BCUT2D eigenvalue weighted by Gasteiger charge is -2.47. The molecule has 3 aliphatic rings. The highest BCUT2D eigenvalue weighted by Crippen LogP contribution is 2.36. The van der Waals surface area contributed by atoms with E-state index in [4.69, 9.17) is 0 Å². The predicted octanol–water partition coefficient (Wildman–Crippen LogP) is 5.08. The number of nitrogens with zero attached hydrogens (tertiary/aromatic N) is 2. The second-order valence-corrected chi connectivity index (χ2v) is 10.5. The molecule has 3 atom stereocenters. The maximum atomic E-state index is 13.3. The number of benzene rings is 1. The number of halogens is 3. The second-order valence-electron chi connectivity index (χ2n) is 10.5. The van der Waals surface area contributed by atoms with Gasteiger partial charge in [-0.15, -0.1) is 13.2 Å². The van der Waals surface area contributed by atoms with Gasteiger partial charge >= 0.3 is 6.36 Å². The zero-order valence-corrected chi connectivity index (χ0v) is 21.2. The van der Waals surface area contributed by atoms with Gasteiger partial charge in [0.25, 0.3) is 0 Å². The molecule has 5 nitrogen and oxygen atoms in total. The molecule has 1 aliphatic carbocycles. The van der Waals surface area contributed by atoms with Crippen molar-refractivity contribution in [2.24, 2.45) is 11.8 Å². The highest BCUT2D eigenvalue weighted by Gasteiger charge is 2.38. The number of piperazine rings is 1. The number of carbonyl (C=O) groups is 1. The number of alkyl halides is 3. The summed E-state index contributed by atoms with van der Waals surface area (Å²) in [5, 5.41) is 3.37. The Morgan fingerprint density at radius 2 is 1.86 bits per heavy atom. The number of hydrogen-bond donors (Lipinski definition) is 1. The average molecular weight is 506 g/mol. The topological polar surface area (TPSA) is 44.8 Å². The molecule has 1 aromatic carbocycles. The molecular formula is C28H38F3N3O2. The van der Waals surface area contributed by atoms with E-state index in [1.807, 2.05) is 24.3 Å². The van der Waals surface area contributed by atoms with E-state index in [-0.39, 0.29) is 24.4 Å². The Hall–Kier alpha value is -2.16. The molecule has 2 fully saturated rings. The number of piperidine rings is 1. The summed E-state index contributed by atoms with van der Waals surface area (Å²) in [6, 6.07) is 10.1. The summed E-state index contributed by atoms with van der Waals surface area (Å²) < 4.78 is 42.3. The molecule has 8 heteroatoms. The van der Waals surface area contributed by atoms with E-state index in [1.165, 1.54) is 6.08 Å². The maximum absolute atomic E-state index is 13.3. The molecule has 4 rings (SSSR count).